The third-order valence-corrected chi connectivity index (χ3v) is 2.69. The van der Waals surface area contributed by atoms with Crippen molar-refractivity contribution >= 4 is 0 Å². The summed E-state index contributed by atoms with van der Waals surface area (Å²) in [6, 6.07) is -0.00925. The maximum Gasteiger partial charge on any atom is 0.208 e. The standard InChI is InChI=1S/C11H20N2O2/c1-7-8(2)15-10(13-7)6-12-9(3)11(4,5)14/h9,12,14H,6H2,1-5H3. The molecular weight excluding hydrogens is 192 g/mol. The Morgan fingerprint density at radius 3 is 2.47 bits per heavy atom. The lowest BCUT2D eigenvalue weighted by Gasteiger charge is -2.26. The Labute approximate surface area is 90.7 Å². The first-order chi connectivity index (χ1) is 6.80. The van der Waals surface area contributed by atoms with Gasteiger partial charge in [-0.15, -0.1) is 0 Å². The molecule has 0 saturated carbocycles. The second kappa shape index (κ2) is 4.33. The molecule has 0 fully saturated rings. The summed E-state index contributed by atoms with van der Waals surface area (Å²) in [7, 11) is 0. The number of hydrogen-bond acceptors (Lipinski definition) is 4. The second-order valence-electron chi connectivity index (χ2n) is 4.51. The van der Waals surface area contributed by atoms with E-state index in [4.69, 9.17) is 4.42 Å². The van der Waals surface area contributed by atoms with Crippen LogP contribution < -0.4 is 5.32 Å². The van der Waals surface area contributed by atoms with E-state index >= 15 is 0 Å². The fraction of sp³-hybridized carbons (Fsp3) is 0.727. The van der Waals surface area contributed by atoms with E-state index in [0.717, 1.165) is 11.5 Å². The number of nitrogens with one attached hydrogen (secondary N) is 1. The number of hydrogen-bond donors (Lipinski definition) is 2. The van der Waals surface area contributed by atoms with E-state index in [1.807, 2.05) is 20.8 Å². The molecule has 2 N–H and O–H groups in total. The highest BCUT2D eigenvalue weighted by atomic mass is 16.4. The zero-order valence-corrected chi connectivity index (χ0v) is 10.1. The van der Waals surface area contributed by atoms with Crippen LogP contribution in [0, 0.1) is 13.8 Å². The molecule has 0 radical (unpaired) electrons. The Hall–Kier alpha value is -0.870. The van der Waals surface area contributed by atoms with E-state index in [0.29, 0.717) is 12.4 Å². The predicted octanol–water partition coefficient (Wildman–Crippen LogP) is 1.54. The minimum absolute atomic E-state index is 0.00925. The van der Waals surface area contributed by atoms with Gasteiger partial charge in [-0.2, -0.15) is 0 Å². The average Bonchev–Trinajstić information content (AvgIpc) is 2.41. The number of oxazole rings is 1. The highest BCUT2D eigenvalue weighted by molar-refractivity contribution is 5.05. The van der Waals surface area contributed by atoms with Crippen LogP contribution in [0.15, 0.2) is 4.42 Å². The van der Waals surface area contributed by atoms with Crippen LogP contribution in [0.2, 0.25) is 0 Å². The number of rotatable bonds is 4. The molecule has 0 bridgehead atoms. The lowest BCUT2D eigenvalue weighted by molar-refractivity contribution is 0.0429. The number of nitrogens with zero attached hydrogens (tertiary/aromatic N) is 1. The zero-order chi connectivity index (χ0) is 11.6. The van der Waals surface area contributed by atoms with Crippen LogP contribution in [-0.4, -0.2) is 21.7 Å². The molecule has 1 unspecified atom stereocenters. The number of aryl methyl sites for hydroxylation is 2. The van der Waals surface area contributed by atoms with Crippen molar-refractivity contribution in [3.63, 3.8) is 0 Å². The predicted molar refractivity (Wildman–Crippen MR) is 58.6 cm³/mol. The van der Waals surface area contributed by atoms with Crippen molar-refractivity contribution in [2.45, 2.75) is 52.8 Å². The van der Waals surface area contributed by atoms with Crippen LogP contribution in [-0.2, 0) is 6.54 Å². The maximum absolute atomic E-state index is 9.71. The third kappa shape index (κ3) is 3.32. The largest absolute Gasteiger partial charge is 0.444 e. The van der Waals surface area contributed by atoms with Gasteiger partial charge in [-0.1, -0.05) is 0 Å². The van der Waals surface area contributed by atoms with Gasteiger partial charge in [-0.25, -0.2) is 4.98 Å². The average molecular weight is 212 g/mol. The molecule has 4 nitrogen and oxygen atoms in total. The molecule has 0 amide bonds. The van der Waals surface area contributed by atoms with Crippen LogP contribution in [0.25, 0.3) is 0 Å². The molecular formula is C11H20N2O2. The van der Waals surface area contributed by atoms with E-state index in [-0.39, 0.29) is 6.04 Å². The van der Waals surface area contributed by atoms with Crippen molar-refractivity contribution in [2.24, 2.45) is 0 Å². The summed E-state index contributed by atoms with van der Waals surface area (Å²) >= 11 is 0. The number of aromatic nitrogens is 1. The van der Waals surface area contributed by atoms with Gasteiger partial charge < -0.3 is 14.8 Å². The summed E-state index contributed by atoms with van der Waals surface area (Å²) in [5.41, 5.74) is 0.180. The normalized spacial score (nSPS) is 14.3. The number of aliphatic hydroxyl groups is 1. The molecule has 1 aromatic heterocycles. The van der Waals surface area contributed by atoms with Crippen LogP contribution in [0.5, 0.6) is 0 Å². The second-order valence-corrected chi connectivity index (χ2v) is 4.51. The van der Waals surface area contributed by atoms with E-state index in [2.05, 4.69) is 10.3 Å². The zero-order valence-electron chi connectivity index (χ0n) is 10.1. The lowest BCUT2D eigenvalue weighted by atomic mass is 10.0. The molecule has 1 atom stereocenters. The van der Waals surface area contributed by atoms with Gasteiger partial charge in [0.05, 0.1) is 17.8 Å². The van der Waals surface area contributed by atoms with E-state index < -0.39 is 5.60 Å². The molecule has 0 saturated heterocycles. The molecule has 0 spiro atoms. The lowest BCUT2D eigenvalue weighted by Crippen LogP contribution is -2.44. The quantitative estimate of drug-likeness (QED) is 0.795. The highest BCUT2D eigenvalue weighted by Gasteiger charge is 2.22. The molecule has 1 rings (SSSR count). The van der Waals surface area contributed by atoms with Gasteiger partial charge in [0.25, 0.3) is 0 Å². The summed E-state index contributed by atoms with van der Waals surface area (Å²) in [4.78, 5) is 4.25. The van der Waals surface area contributed by atoms with Crippen molar-refractivity contribution in [3.05, 3.63) is 17.3 Å². The van der Waals surface area contributed by atoms with Crippen LogP contribution in [0.4, 0.5) is 0 Å². The molecule has 1 heterocycles. The van der Waals surface area contributed by atoms with E-state index in [1.165, 1.54) is 0 Å². The molecule has 0 aliphatic heterocycles. The molecule has 4 heteroatoms. The Balaban J connectivity index is 2.51. The minimum atomic E-state index is -0.739. The first kappa shape index (κ1) is 12.2. The Bertz CT molecular complexity index is 306. The van der Waals surface area contributed by atoms with Crippen LogP contribution >= 0.6 is 0 Å². The molecule has 0 aromatic carbocycles. The molecule has 1 aromatic rings. The van der Waals surface area contributed by atoms with E-state index in [9.17, 15) is 5.11 Å². The first-order valence-corrected chi connectivity index (χ1v) is 5.19. The fourth-order valence-corrected chi connectivity index (χ4v) is 1.10. The van der Waals surface area contributed by atoms with Gasteiger partial charge in [0, 0.05) is 6.04 Å². The Morgan fingerprint density at radius 1 is 1.47 bits per heavy atom. The molecule has 15 heavy (non-hydrogen) atoms. The summed E-state index contributed by atoms with van der Waals surface area (Å²) in [6.07, 6.45) is 0. The minimum Gasteiger partial charge on any atom is -0.444 e. The van der Waals surface area contributed by atoms with Crippen LogP contribution in [0.3, 0.4) is 0 Å². The van der Waals surface area contributed by atoms with Crippen molar-refractivity contribution in [2.75, 3.05) is 0 Å². The van der Waals surface area contributed by atoms with Crippen molar-refractivity contribution in [3.8, 4) is 0 Å². The highest BCUT2D eigenvalue weighted by Crippen LogP contribution is 2.11. The van der Waals surface area contributed by atoms with Gasteiger partial charge in [0.2, 0.25) is 5.89 Å². The topological polar surface area (TPSA) is 58.3 Å². The molecule has 0 aliphatic rings. The third-order valence-electron chi connectivity index (χ3n) is 2.69. The van der Waals surface area contributed by atoms with Crippen LogP contribution in [0.1, 0.15) is 38.1 Å². The van der Waals surface area contributed by atoms with Crippen molar-refractivity contribution < 1.29 is 9.52 Å². The van der Waals surface area contributed by atoms with E-state index in [1.54, 1.807) is 13.8 Å². The van der Waals surface area contributed by atoms with Crippen molar-refractivity contribution in [1.29, 1.82) is 0 Å². The Kier molecular flexibility index (Phi) is 3.52. The van der Waals surface area contributed by atoms with Gasteiger partial charge in [-0.3, -0.25) is 0 Å². The summed E-state index contributed by atoms with van der Waals surface area (Å²) in [5.74, 6) is 1.52. The summed E-state index contributed by atoms with van der Waals surface area (Å²) in [5, 5.41) is 12.9. The molecule has 0 aliphatic carbocycles. The smallest absolute Gasteiger partial charge is 0.208 e. The first-order valence-electron chi connectivity index (χ1n) is 5.19. The fourth-order valence-electron chi connectivity index (χ4n) is 1.10. The van der Waals surface area contributed by atoms with Gasteiger partial charge >= 0.3 is 0 Å². The summed E-state index contributed by atoms with van der Waals surface area (Å²) < 4.78 is 5.42. The van der Waals surface area contributed by atoms with Gasteiger partial charge in [0.1, 0.15) is 5.76 Å². The van der Waals surface area contributed by atoms with Gasteiger partial charge in [-0.05, 0) is 34.6 Å². The SMILES string of the molecule is Cc1nc(CNC(C)C(C)(C)O)oc1C. The van der Waals surface area contributed by atoms with Gasteiger partial charge in [0.15, 0.2) is 0 Å². The Morgan fingerprint density at radius 2 is 2.07 bits per heavy atom. The summed E-state index contributed by atoms with van der Waals surface area (Å²) in [6.45, 7) is 9.84. The maximum atomic E-state index is 9.71. The van der Waals surface area contributed by atoms with Crippen molar-refractivity contribution in [1.82, 2.24) is 10.3 Å². The molecule has 86 valence electrons. The monoisotopic (exact) mass is 212 g/mol.